The van der Waals surface area contributed by atoms with Crippen LogP contribution in [-0.2, 0) is 5.75 Å². The van der Waals surface area contributed by atoms with E-state index in [1.807, 2.05) is 4.68 Å². The number of thioether (sulfide) groups is 1. The molecule has 0 bridgehead atoms. The average molecular weight is 283 g/mol. The van der Waals surface area contributed by atoms with Gasteiger partial charge < -0.3 is 5.73 Å². The Bertz CT molecular complexity index is 516. The Morgan fingerprint density at radius 3 is 2.83 bits per heavy atom. The van der Waals surface area contributed by atoms with E-state index >= 15 is 0 Å². The second-order valence-electron chi connectivity index (χ2n) is 4.17. The normalized spacial score (nSPS) is 16.4. The minimum atomic E-state index is 0.460. The first-order valence-corrected chi connectivity index (χ1v) is 7.61. The van der Waals surface area contributed by atoms with Gasteiger partial charge in [-0.2, -0.15) is 0 Å². The Labute approximate surface area is 112 Å². The number of nitrogens with two attached hydrogens (primary N) is 1. The summed E-state index contributed by atoms with van der Waals surface area (Å²) in [6.45, 7) is 0. The molecule has 1 saturated carbocycles. The summed E-state index contributed by atoms with van der Waals surface area (Å²) in [7, 11) is 0. The molecule has 0 amide bonds. The third-order valence-electron chi connectivity index (χ3n) is 2.94. The third kappa shape index (κ3) is 2.46. The number of hydrogen-bond acceptors (Lipinski definition) is 8. The molecule has 0 unspecified atom stereocenters. The summed E-state index contributed by atoms with van der Waals surface area (Å²) in [6, 6.07) is 0.460. The van der Waals surface area contributed by atoms with Crippen molar-refractivity contribution < 1.29 is 0 Å². The molecule has 0 saturated heterocycles. The van der Waals surface area contributed by atoms with Crippen molar-refractivity contribution in [2.24, 2.45) is 0 Å². The van der Waals surface area contributed by atoms with Crippen molar-refractivity contribution in [1.29, 1.82) is 0 Å². The first kappa shape index (κ1) is 11.8. The number of aromatic nitrogens is 6. The summed E-state index contributed by atoms with van der Waals surface area (Å²) in [5, 5.41) is 22.0. The lowest BCUT2D eigenvalue weighted by atomic mass is 10.3. The monoisotopic (exact) mass is 283 g/mol. The lowest BCUT2D eigenvalue weighted by Gasteiger charge is -2.09. The van der Waals surface area contributed by atoms with Gasteiger partial charge in [-0.15, -0.1) is 15.3 Å². The van der Waals surface area contributed by atoms with Gasteiger partial charge in [0.2, 0.25) is 10.3 Å². The van der Waals surface area contributed by atoms with E-state index in [0.717, 1.165) is 10.2 Å². The van der Waals surface area contributed by atoms with E-state index in [2.05, 4.69) is 25.7 Å². The van der Waals surface area contributed by atoms with Gasteiger partial charge in [0.1, 0.15) is 5.01 Å². The van der Waals surface area contributed by atoms with E-state index in [4.69, 9.17) is 5.73 Å². The molecule has 2 heterocycles. The highest BCUT2D eigenvalue weighted by Gasteiger charge is 2.21. The summed E-state index contributed by atoms with van der Waals surface area (Å²) in [4.78, 5) is 0. The Morgan fingerprint density at radius 1 is 1.28 bits per heavy atom. The van der Waals surface area contributed by atoms with Gasteiger partial charge in [-0.05, 0) is 23.3 Å². The number of hydrogen-bond donors (Lipinski definition) is 1. The first-order chi connectivity index (χ1) is 8.83. The van der Waals surface area contributed by atoms with Gasteiger partial charge in [-0.25, -0.2) is 4.68 Å². The van der Waals surface area contributed by atoms with Gasteiger partial charge >= 0.3 is 0 Å². The van der Waals surface area contributed by atoms with E-state index in [1.165, 1.54) is 37.0 Å². The zero-order valence-corrected chi connectivity index (χ0v) is 11.3. The smallest absolute Gasteiger partial charge is 0.209 e. The summed E-state index contributed by atoms with van der Waals surface area (Å²) in [5.74, 6) is 0.710. The molecule has 2 aromatic heterocycles. The number of nitrogens with zero attached hydrogens (tertiary/aromatic N) is 6. The molecule has 2 N–H and O–H groups in total. The van der Waals surface area contributed by atoms with E-state index in [-0.39, 0.29) is 0 Å². The zero-order valence-electron chi connectivity index (χ0n) is 9.69. The molecule has 1 aliphatic carbocycles. The van der Waals surface area contributed by atoms with Gasteiger partial charge in [-0.3, -0.25) is 0 Å². The molecule has 7 nitrogen and oxygen atoms in total. The summed E-state index contributed by atoms with van der Waals surface area (Å²) < 4.78 is 1.95. The highest BCUT2D eigenvalue weighted by molar-refractivity contribution is 7.98. The fraction of sp³-hybridized carbons (Fsp3) is 0.667. The predicted molar refractivity (Wildman–Crippen MR) is 69.2 cm³/mol. The Kier molecular flexibility index (Phi) is 3.41. The van der Waals surface area contributed by atoms with Crippen molar-refractivity contribution in [1.82, 2.24) is 30.4 Å². The van der Waals surface area contributed by atoms with E-state index < -0.39 is 0 Å². The summed E-state index contributed by atoms with van der Waals surface area (Å²) >= 11 is 2.99. The maximum Gasteiger partial charge on any atom is 0.209 e. The summed E-state index contributed by atoms with van der Waals surface area (Å²) in [5.41, 5.74) is 5.55. The average Bonchev–Trinajstić information content (AvgIpc) is 3.07. The van der Waals surface area contributed by atoms with Crippen LogP contribution in [0, 0.1) is 0 Å². The van der Waals surface area contributed by atoms with Crippen LogP contribution in [-0.4, -0.2) is 30.4 Å². The van der Waals surface area contributed by atoms with Gasteiger partial charge in [-0.1, -0.05) is 35.9 Å². The first-order valence-electron chi connectivity index (χ1n) is 5.81. The van der Waals surface area contributed by atoms with Crippen molar-refractivity contribution in [3.63, 3.8) is 0 Å². The van der Waals surface area contributed by atoms with E-state index in [1.54, 1.807) is 11.8 Å². The number of nitrogen functional groups attached to an aromatic ring is 1. The van der Waals surface area contributed by atoms with Crippen molar-refractivity contribution >= 4 is 28.2 Å². The Hall–Kier alpha value is -1.22. The lowest BCUT2D eigenvalue weighted by Crippen LogP contribution is -2.08. The van der Waals surface area contributed by atoms with Crippen molar-refractivity contribution in [3.8, 4) is 0 Å². The van der Waals surface area contributed by atoms with Crippen LogP contribution in [0.4, 0.5) is 5.13 Å². The zero-order chi connectivity index (χ0) is 12.4. The molecule has 0 radical (unpaired) electrons. The standard InChI is InChI=1S/C9H13N7S2/c10-8-12-11-7(18-8)5-17-9-13-14-15-16(9)6-3-1-2-4-6/h6H,1-5H2,(H2,10,12). The molecule has 18 heavy (non-hydrogen) atoms. The molecule has 2 aromatic rings. The van der Waals surface area contributed by atoms with Crippen molar-refractivity contribution in [3.05, 3.63) is 5.01 Å². The molecule has 0 aromatic carbocycles. The van der Waals surface area contributed by atoms with Gasteiger partial charge in [0.05, 0.1) is 11.8 Å². The second kappa shape index (κ2) is 5.19. The second-order valence-corrected chi connectivity index (χ2v) is 6.20. The van der Waals surface area contributed by atoms with Crippen LogP contribution in [0.1, 0.15) is 36.7 Å². The third-order valence-corrected chi connectivity index (χ3v) is 4.82. The van der Waals surface area contributed by atoms with Crippen molar-refractivity contribution in [2.45, 2.75) is 42.6 Å². The minimum Gasteiger partial charge on any atom is -0.374 e. The molecule has 1 fully saturated rings. The van der Waals surface area contributed by atoms with E-state index in [0.29, 0.717) is 16.9 Å². The van der Waals surface area contributed by atoms with Crippen LogP contribution >= 0.6 is 23.1 Å². The fourth-order valence-corrected chi connectivity index (χ4v) is 3.65. The molecule has 3 rings (SSSR count). The molecule has 96 valence electrons. The fourth-order valence-electron chi connectivity index (χ4n) is 2.11. The number of anilines is 1. The SMILES string of the molecule is Nc1nnc(CSc2nnnn2C2CCCC2)s1. The number of rotatable bonds is 4. The quantitative estimate of drug-likeness (QED) is 0.850. The van der Waals surface area contributed by atoms with Crippen LogP contribution in [0.2, 0.25) is 0 Å². The highest BCUT2D eigenvalue weighted by Crippen LogP contribution is 2.32. The van der Waals surface area contributed by atoms with E-state index in [9.17, 15) is 0 Å². The molecule has 0 atom stereocenters. The maximum atomic E-state index is 5.55. The van der Waals surface area contributed by atoms with Crippen LogP contribution < -0.4 is 5.73 Å². The molecular weight excluding hydrogens is 270 g/mol. The Morgan fingerprint density at radius 2 is 2.11 bits per heavy atom. The molecule has 0 spiro atoms. The Balaban J connectivity index is 1.67. The minimum absolute atomic E-state index is 0.460. The number of tetrazole rings is 1. The molecule has 9 heteroatoms. The van der Waals surface area contributed by atoms with Gasteiger partial charge in [0.15, 0.2) is 0 Å². The van der Waals surface area contributed by atoms with Crippen LogP contribution in [0.3, 0.4) is 0 Å². The maximum absolute atomic E-state index is 5.55. The van der Waals surface area contributed by atoms with Crippen LogP contribution in [0.15, 0.2) is 5.16 Å². The van der Waals surface area contributed by atoms with Crippen LogP contribution in [0.5, 0.6) is 0 Å². The highest BCUT2D eigenvalue weighted by atomic mass is 32.2. The predicted octanol–water partition coefficient (Wildman–Crippen LogP) is 1.51. The van der Waals surface area contributed by atoms with Crippen molar-refractivity contribution in [2.75, 3.05) is 5.73 Å². The summed E-state index contributed by atoms with van der Waals surface area (Å²) in [6.07, 6.45) is 4.87. The topological polar surface area (TPSA) is 95.4 Å². The molecular formula is C9H13N7S2. The van der Waals surface area contributed by atoms with Gasteiger partial charge in [0.25, 0.3) is 0 Å². The molecule has 1 aliphatic rings. The molecule has 0 aliphatic heterocycles. The largest absolute Gasteiger partial charge is 0.374 e. The van der Waals surface area contributed by atoms with Crippen LogP contribution in [0.25, 0.3) is 0 Å². The van der Waals surface area contributed by atoms with Gasteiger partial charge in [0, 0.05) is 0 Å². The lowest BCUT2D eigenvalue weighted by molar-refractivity contribution is 0.423.